The molecule has 0 bridgehead atoms. The molecule has 0 radical (unpaired) electrons. The van der Waals surface area contributed by atoms with Crippen LogP contribution in [0.4, 0.5) is 0 Å². The third kappa shape index (κ3) is 3.40. The lowest BCUT2D eigenvalue weighted by molar-refractivity contribution is -0.130. The average molecular weight is 278 g/mol. The number of hydrogen-bond donors (Lipinski definition) is 1. The first-order valence-electron chi connectivity index (χ1n) is 8.30. The van der Waals surface area contributed by atoms with E-state index in [1.165, 1.54) is 12.8 Å². The van der Waals surface area contributed by atoms with Crippen molar-refractivity contribution in [2.45, 2.75) is 69.9 Å². The topological polar surface area (TPSA) is 49.4 Å². The second-order valence-electron chi connectivity index (χ2n) is 6.69. The lowest BCUT2D eigenvalue weighted by Crippen LogP contribution is -2.51. The Morgan fingerprint density at radius 2 is 1.90 bits per heavy atom. The van der Waals surface area contributed by atoms with Gasteiger partial charge in [0.05, 0.1) is 6.54 Å². The molecule has 3 aliphatic rings. The molecule has 2 saturated carbocycles. The highest BCUT2D eigenvalue weighted by Gasteiger charge is 2.36. The summed E-state index contributed by atoms with van der Waals surface area (Å²) in [5, 5.41) is 3.07. The molecule has 2 atom stereocenters. The van der Waals surface area contributed by atoms with Gasteiger partial charge in [0.2, 0.25) is 5.91 Å². The van der Waals surface area contributed by atoms with E-state index >= 15 is 0 Å². The molecule has 0 spiro atoms. The Morgan fingerprint density at radius 1 is 1.10 bits per heavy atom. The number of nitrogens with zero attached hydrogens (tertiary/aromatic N) is 1. The van der Waals surface area contributed by atoms with Crippen molar-refractivity contribution in [3.63, 3.8) is 0 Å². The number of amides is 1. The SMILES string of the molecule is O=C(CN1CCCCC1C1CCCCC1=O)NC1CC1. The molecule has 1 amide bonds. The molecule has 1 aliphatic heterocycles. The predicted octanol–water partition coefficient (Wildman–Crippen LogP) is 1.88. The van der Waals surface area contributed by atoms with E-state index in [1.54, 1.807) is 0 Å². The summed E-state index contributed by atoms with van der Waals surface area (Å²) in [5.41, 5.74) is 0. The molecule has 20 heavy (non-hydrogen) atoms. The minimum absolute atomic E-state index is 0.155. The molecule has 0 aromatic carbocycles. The first-order chi connectivity index (χ1) is 9.74. The molecule has 4 heteroatoms. The molecular formula is C16H26N2O2. The van der Waals surface area contributed by atoms with Gasteiger partial charge >= 0.3 is 0 Å². The van der Waals surface area contributed by atoms with Crippen molar-refractivity contribution in [2.24, 2.45) is 5.92 Å². The molecule has 1 N–H and O–H groups in total. The van der Waals surface area contributed by atoms with Crippen LogP contribution >= 0.6 is 0 Å². The smallest absolute Gasteiger partial charge is 0.234 e. The number of carbonyl (C=O) groups excluding carboxylic acids is 2. The third-order valence-electron chi connectivity index (χ3n) is 5.02. The Bertz CT molecular complexity index is 379. The van der Waals surface area contributed by atoms with E-state index in [2.05, 4.69) is 10.2 Å². The van der Waals surface area contributed by atoms with Crippen molar-refractivity contribution in [1.82, 2.24) is 10.2 Å². The zero-order chi connectivity index (χ0) is 13.9. The van der Waals surface area contributed by atoms with Crippen molar-refractivity contribution >= 4 is 11.7 Å². The van der Waals surface area contributed by atoms with Crippen LogP contribution in [0.15, 0.2) is 0 Å². The summed E-state index contributed by atoms with van der Waals surface area (Å²) >= 11 is 0. The first kappa shape index (κ1) is 14.1. The molecule has 112 valence electrons. The van der Waals surface area contributed by atoms with Gasteiger partial charge in [0.15, 0.2) is 0 Å². The van der Waals surface area contributed by atoms with Gasteiger partial charge < -0.3 is 5.32 Å². The minimum Gasteiger partial charge on any atom is -0.352 e. The van der Waals surface area contributed by atoms with Gasteiger partial charge in [-0.25, -0.2) is 0 Å². The van der Waals surface area contributed by atoms with E-state index in [0.717, 1.165) is 51.5 Å². The van der Waals surface area contributed by atoms with Gasteiger partial charge in [-0.1, -0.05) is 12.8 Å². The Labute approximate surface area is 121 Å². The molecule has 1 saturated heterocycles. The number of nitrogens with one attached hydrogen (secondary N) is 1. The molecule has 1 heterocycles. The van der Waals surface area contributed by atoms with Gasteiger partial charge in [0.1, 0.15) is 5.78 Å². The van der Waals surface area contributed by atoms with E-state index in [4.69, 9.17) is 0 Å². The zero-order valence-electron chi connectivity index (χ0n) is 12.3. The molecule has 2 aliphatic carbocycles. The molecular weight excluding hydrogens is 252 g/mol. The molecule has 3 fully saturated rings. The highest BCUT2D eigenvalue weighted by molar-refractivity contribution is 5.82. The monoisotopic (exact) mass is 278 g/mol. The standard InChI is InChI=1S/C16H26N2O2/c19-15-7-2-1-5-13(15)14-6-3-4-10-18(14)11-16(20)17-12-8-9-12/h12-14H,1-11H2,(H,17,20). The van der Waals surface area contributed by atoms with Crippen LogP contribution in [-0.4, -0.2) is 41.8 Å². The number of hydrogen-bond acceptors (Lipinski definition) is 3. The molecule has 4 nitrogen and oxygen atoms in total. The van der Waals surface area contributed by atoms with E-state index in [1.807, 2.05) is 0 Å². The number of rotatable bonds is 4. The van der Waals surface area contributed by atoms with Gasteiger partial charge in [0.25, 0.3) is 0 Å². The summed E-state index contributed by atoms with van der Waals surface area (Å²) in [6.45, 7) is 1.47. The van der Waals surface area contributed by atoms with E-state index < -0.39 is 0 Å². The van der Waals surface area contributed by atoms with Gasteiger partial charge in [0, 0.05) is 24.4 Å². The maximum Gasteiger partial charge on any atom is 0.234 e. The average Bonchev–Trinajstić information content (AvgIpc) is 3.24. The fraction of sp³-hybridized carbons (Fsp3) is 0.875. The summed E-state index contributed by atoms with van der Waals surface area (Å²) in [7, 11) is 0. The largest absolute Gasteiger partial charge is 0.352 e. The highest BCUT2D eigenvalue weighted by atomic mass is 16.2. The van der Waals surface area contributed by atoms with Crippen molar-refractivity contribution in [3.05, 3.63) is 0 Å². The van der Waals surface area contributed by atoms with Crippen molar-refractivity contribution in [1.29, 1.82) is 0 Å². The number of likely N-dealkylation sites (tertiary alicyclic amines) is 1. The quantitative estimate of drug-likeness (QED) is 0.854. The number of piperidine rings is 1. The van der Waals surface area contributed by atoms with Crippen LogP contribution in [0.5, 0.6) is 0 Å². The normalized spacial score (nSPS) is 32.1. The summed E-state index contributed by atoms with van der Waals surface area (Å²) < 4.78 is 0. The van der Waals surface area contributed by atoms with Crippen LogP contribution in [0, 0.1) is 5.92 Å². The Hall–Kier alpha value is -0.900. The van der Waals surface area contributed by atoms with Crippen LogP contribution in [0.1, 0.15) is 57.8 Å². The van der Waals surface area contributed by atoms with Crippen LogP contribution < -0.4 is 5.32 Å². The van der Waals surface area contributed by atoms with Crippen LogP contribution in [0.3, 0.4) is 0 Å². The summed E-state index contributed by atoms with van der Waals surface area (Å²) in [6, 6.07) is 0.753. The maximum atomic E-state index is 12.2. The van der Waals surface area contributed by atoms with E-state index in [-0.39, 0.29) is 11.8 Å². The third-order valence-corrected chi connectivity index (χ3v) is 5.02. The van der Waals surface area contributed by atoms with Gasteiger partial charge in [-0.05, 0) is 45.1 Å². The van der Waals surface area contributed by atoms with Gasteiger partial charge in [-0.3, -0.25) is 14.5 Å². The minimum atomic E-state index is 0.155. The molecule has 3 rings (SSSR count). The van der Waals surface area contributed by atoms with Crippen molar-refractivity contribution in [3.8, 4) is 0 Å². The number of carbonyl (C=O) groups is 2. The van der Waals surface area contributed by atoms with Gasteiger partial charge in [-0.2, -0.15) is 0 Å². The number of Topliss-reactive ketones (excluding diaryl/α,β-unsaturated/α-hetero) is 1. The van der Waals surface area contributed by atoms with E-state index in [0.29, 0.717) is 24.4 Å². The fourth-order valence-corrected chi connectivity index (χ4v) is 3.77. The van der Waals surface area contributed by atoms with Crippen LogP contribution in [-0.2, 0) is 9.59 Å². The van der Waals surface area contributed by atoms with Crippen LogP contribution in [0.2, 0.25) is 0 Å². The lowest BCUT2D eigenvalue weighted by Gasteiger charge is -2.40. The molecule has 0 aromatic rings. The van der Waals surface area contributed by atoms with E-state index in [9.17, 15) is 9.59 Å². The lowest BCUT2D eigenvalue weighted by atomic mass is 9.79. The Balaban J connectivity index is 1.60. The zero-order valence-corrected chi connectivity index (χ0v) is 12.3. The predicted molar refractivity (Wildman–Crippen MR) is 77.3 cm³/mol. The van der Waals surface area contributed by atoms with Crippen molar-refractivity contribution in [2.75, 3.05) is 13.1 Å². The number of ketones is 1. The van der Waals surface area contributed by atoms with Gasteiger partial charge in [-0.15, -0.1) is 0 Å². The second-order valence-corrected chi connectivity index (χ2v) is 6.69. The second kappa shape index (κ2) is 6.25. The summed E-state index contributed by atoms with van der Waals surface area (Å²) in [6.07, 6.45) is 9.75. The Morgan fingerprint density at radius 3 is 2.65 bits per heavy atom. The molecule has 0 aromatic heterocycles. The molecule has 2 unspecified atom stereocenters. The first-order valence-corrected chi connectivity index (χ1v) is 8.30. The highest BCUT2D eigenvalue weighted by Crippen LogP contribution is 2.31. The fourth-order valence-electron chi connectivity index (χ4n) is 3.77. The van der Waals surface area contributed by atoms with Crippen molar-refractivity contribution < 1.29 is 9.59 Å². The summed E-state index contributed by atoms with van der Waals surface area (Å²) in [5.74, 6) is 0.788. The summed E-state index contributed by atoms with van der Waals surface area (Å²) in [4.78, 5) is 26.5. The Kier molecular flexibility index (Phi) is 4.39. The van der Waals surface area contributed by atoms with Crippen LogP contribution in [0.25, 0.3) is 0 Å². The maximum absolute atomic E-state index is 12.2.